The number of hydrogen-bond donors (Lipinski definition) is 0. The average molecular weight is 702 g/mol. The van der Waals surface area contributed by atoms with Gasteiger partial charge in [0.05, 0.1) is 45.7 Å². The minimum absolute atomic E-state index is 0.893. The van der Waals surface area contributed by atoms with Crippen LogP contribution >= 0.6 is 0 Å². The summed E-state index contributed by atoms with van der Waals surface area (Å²) in [4.78, 5) is 21.9. The van der Waals surface area contributed by atoms with E-state index < -0.39 is 0 Å². The Labute approximate surface area is 317 Å². The van der Waals surface area contributed by atoms with E-state index in [9.17, 15) is 0 Å². The fourth-order valence-electron chi connectivity index (χ4n) is 8.12. The summed E-state index contributed by atoms with van der Waals surface area (Å²) >= 11 is 0. The third-order valence-electron chi connectivity index (χ3n) is 10.7. The van der Waals surface area contributed by atoms with Crippen LogP contribution in [0, 0.1) is 0 Å². The zero-order valence-corrected chi connectivity index (χ0v) is 29.6. The number of aromatic nitrogens is 4. The van der Waals surface area contributed by atoms with E-state index in [1.165, 1.54) is 32.3 Å². The molecule has 0 radical (unpaired) electrons. The van der Waals surface area contributed by atoms with Crippen molar-refractivity contribution in [3.63, 3.8) is 0 Å². The summed E-state index contributed by atoms with van der Waals surface area (Å²) < 4.78 is 0. The van der Waals surface area contributed by atoms with Gasteiger partial charge in [-0.25, -0.2) is 9.97 Å². The summed E-state index contributed by atoms with van der Waals surface area (Å²) in [6, 6.07) is 59.8. The largest absolute Gasteiger partial charge is 0.308 e. The second kappa shape index (κ2) is 12.6. The van der Waals surface area contributed by atoms with Crippen LogP contribution in [-0.4, -0.2) is 19.9 Å². The van der Waals surface area contributed by atoms with Crippen LogP contribution in [-0.2, 0) is 0 Å². The number of pyridine rings is 4. The van der Waals surface area contributed by atoms with Gasteiger partial charge in [0, 0.05) is 50.9 Å². The molecule has 0 fully saturated rings. The van der Waals surface area contributed by atoms with E-state index in [1.807, 2.05) is 42.9 Å². The summed E-state index contributed by atoms with van der Waals surface area (Å²) in [6.07, 6.45) is 5.57. The van der Waals surface area contributed by atoms with Gasteiger partial charge in [-0.3, -0.25) is 9.97 Å². The molecule has 0 aliphatic rings. The Morgan fingerprint density at radius 1 is 0.382 bits per heavy atom. The lowest BCUT2D eigenvalue weighted by atomic mass is 9.90. The van der Waals surface area contributed by atoms with Crippen LogP contribution in [0.1, 0.15) is 0 Å². The molecule has 55 heavy (non-hydrogen) atoms. The molecule has 0 bridgehead atoms. The molecule has 7 aromatic carbocycles. The highest BCUT2D eigenvalue weighted by molar-refractivity contribution is 6.28. The lowest BCUT2D eigenvalue weighted by molar-refractivity contribution is 1.24. The van der Waals surface area contributed by atoms with Crippen LogP contribution in [0.4, 0.5) is 17.1 Å². The molecular formula is C50H31N5. The van der Waals surface area contributed by atoms with Crippen LogP contribution in [0.5, 0.6) is 0 Å². The van der Waals surface area contributed by atoms with Crippen molar-refractivity contribution >= 4 is 71.2 Å². The average Bonchev–Trinajstić information content (AvgIpc) is 3.26. The van der Waals surface area contributed by atoms with Gasteiger partial charge in [0.15, 0.2) is 0 Å². The fourth-order valence-corrected chi connectivity index (χ4v) is 8.12. The van der Waals surface area contributed by atoms with E-state index in [0.29, 0.717) is 0 Å². The quantitative estimate of drug-likeness (QED) is 0.162. The van der Waals surface area contributed by atoms with Crippen molar-refractivity contribution in [1.29, 1.82) is 0 Å². The smallest absolute Gasteiger partial charge is 0.0972 e. The third kappa shape index (κ3) is 5.17. The van der Waals surface area contributed by atoms with Crippen molar-refractivity contribution in [2.45, 2.75) is 0 Å². The standard InChI is InChI=1S/C50H31N5/c1-2-7-38(8-3-1)55(39-9-6-29-51-31-39)46-28-22-35-18-24-41-40(23-17-34-19-25-42(46)48(35)47(34)41)45-27-21-37-16-15-36-20-26-44(53-49(36)50(37)54-45)33-13-11-32(12-14-33)43-10-4-5-30-52-43/h1-31H. The highest BCUT2D eigenvalue weighted by Crippen LogP contribution is 2.45. The van der Waals surface area contributed by atoms with Gasteiger partial charge in [0.25, 0.3) is 0 Å². The highest BCUT2D eigenvalue weighted by Gasteiger charge is 2.20. The van der Waals surface area contributed by atoms with Crippen LogP contribution in [0.3, 0.4) is 0 Å². The second-order valence-electron chi connectivity index (χ2n) is 13.9. The lowest BCUT2D eigenvalue weighted by Gasteiger charge is -2.27. The van der Waals surface area contributed by atoms with Gasteiger partial charge in [0.1, 0.15) is 0 Å². The Morgan fingerprint density at radius 3 is 1.71 bits per heavy atom. The summed E-state index contributed by atoms with van der Waals surface area (Å²) in [7, 11) is 0. The summed E-state index contributed by atoms with van der Waals surface area (Å²) in [5, 5.41) is 9.37. The predicted molar refractivity (Wildman–Crippen MR) is 227 cm³/mol. The molecule has 0 saturated carbocycles. The lowest BCUT2D eigenvalue weighted by Crippen LogP contribution is -2.10. The number of nitrogens with zero attached hydrogens (tertiary/aromatic N) is 5. The molecule has 5 heteroatoms. The summed E-state index contributed by atoms with van der Waals surface area (Å²) in [5.74, 6) is 0. The van der Waals surface area contributed by atoms with Crippen LogP contribution < -0.4 is 4.90 Å². The molecule has 11 rings (SSSR count). The maximum atomic E-state index is 5.38. The van der Waals surface area contributed by atoms with Gasteiger partial charge >= 0.3 is 0 Å². The SMILES string of the molecule is c1ccc(N(c2cccnc2)c2ccc3ccc4c(-c5ccc6ccc7ccc(-c8ccc(-c9ccccn9)cc8)nc7c6n5)ccc5ccc2c3c54)cc1. The maximum absolute atomic E-state index is 5.38. The van der Waals surface area contributed by atoms with Crippen LogP contribution in [0.2, 0.25) is 0 Å². The zero-order chi connectivity index (χ0) is 36.3. The van der Waals surface area contributed by atoms with Crippen molar-refractivity contribution < 1.29 is 0 Å². The molecule has 256 valence electrons. The van der Waals surface area contributed by atoms with Gasteiger partial charge in [0.2, 0.25) is 0 Å². The van der Waals surface area contributed by atoms with E-state index in [0.717, 1.165) is 72.6 Å². The first-order chi connectivity index (χ1) is 27.3. The minimum atomic E-state index is 0.893. The van der Waals surface area contributed by atoms with E-state index in [-0.39, 0.29) is 0 Å². The van der Waals surface area contributed by atoms with Gasteiger partial charge in [-0.1, -0.05) is 115 Å². The molecule has 0 aliphatic heterocycles. The normalized spacial score (nSPS) is 11.6. The van der Waals surface area contributed by atoms with Crippen molar-refractivity contribution in [1.82, 2.24) is 19.9 Å². The number of para-hydroxylation sites is 1. The van der Waals surface area contributed by atoms with Crippen molar-refractivity contribution in [3.05, 3.63) is 188 Å². The Morgan fingerprint density at radius 2 is 0.982 bits per heavy atom. The fraction of sp³-hybridized carbons (Fsp3) is 0. The highest BCUT2D eigenvalue weighted by atomic mass is 15.1. The molecule has 4 heterocycles. The summed E-state index contributed by atoms with van der Waals surface area (Å²) in [5.41, 5.74) is 11.0. The van der Waals surface area contributed by atoms with Crippen LogP contribution in [0.25, 0.3) is 87.9 Å². The zero-order valence-electron chi connectivity index (χ0n) is 29.6. The van der Waals surface area contributed by atoms with Crippen LogP contribution in [0.15, 0.2) is 188 Å². The van der Waals surface area contributed by atoms with E-state index in [2.05, 4.69) is 160 Å². The molecule has 0 spiro atoms. The van der Waals surface area contributed by atoms with Gasteiger partial charge in [-0.05, 0) is 81.5 Å². The van der Waals surface area contributed by atoms with Crippen molar-refractivity contribution in [2.24, 2.45) is 0 Å². The third-order valence-corrected chi connectivity index (χ3v) is 10.7. The number of hydrogen-bond acceptors (Lipinski definition) is 5. The Bertz CT molecular complexity index is 3140. The number of benzene rings is 7. The molecule has 11 aromatic rings. The molecule has 0 amide bonds. The Balaban J connectivity index is 1.06. The molecular weight excluding hydrogens is 671 g/mol. The molecule has 0 saturated heterocycles. The maximum Gasteiger partial charge on any atom is 0.0972 e. The van der Waals surface area contributed by atoms with Crippen molar-refractivity contribution in [3.8, 4) is 33.8 Å². The Kier molecular flexibility index (Phi) is 7.10. The number of fused-ring (bicyclic) bond motifs is 3. The first kappa shape index (κ1) is 31.1. The van der Waals surface area contributed by atoms with E-state index in [4.69, 9.17) is 9.97 Å². The molecule has 5 nitrogen and oxygen atoms in total. The molecule has 0 aliphatic carbocycles. The molecule has 0 unspecified atom stereocenters. The first-order valence-electron chi connectivity index (χ1n) is 18.5. The molecule has 0 atom stereocenters. The number of rotatable bonds is 6. The van der Waals surface area contributed by atoms with Gasteiger partial charge in [-0.2, -0.15) is 0 Å². The second-order valence-corrected chi connectivity index (χ2v) is 13.9. The number of anilines is 3. The molecule has 0 N–H and O–H groups in total. The van der Waals surface area contributed by atoms with Gasteiger partial charge in [-0.15, -0.1) is 0 Å². The molecule has 4 aromatic heterocycles. The topological polar surface area (TPSA) is 54.8 Å². The first-order valence-corrected chi connectivity index (χ1v) is 18.5. The monoisotopic (exact) mass is 701 g/mol. The minimum Gasteiger partial charge on any atom is -0.308 e. The Hall–Kier alpha value is -7.50. The summed E-state index contributed by atoms with van der Waals surface area (Å²) in [6.45, 7) is 0. The van der Waals surface area contributed by atoms with E-state index in [1.54, 1.807) is 0 Å². The predicted octanol–water partition coefficient (Wildman–Crippen LogP) is 12.9. The van der Waals surface area contributed by atoms with Gasteiger partial charge < -0.3 is 4.90 Å². The van der Waals surface area contributed by atoms with E-state index >= 15 is 0 Å². The van der Waals surface area contributed by atoms with Crippen molar-refractivity contribution in [2.75, 3.05) is 4.90 Å².